The average molecular weight is 284 g/mol. The lowest BCUT2D eigenvalue weighted by atomic mass is 9.96. The standard InChI is InChI=1S/C11H20N6OS/c1-11(13,9(12)18)6-2-3-7-19-10-14-15-16-17(10)8-4-5-8/h8H,2-7,13H2,1H3,(H2,12,18). The molecule has 1 aromatic rings. The molecule has 0 saturated heterocycles. The molecule has 1 amide bonds. The number of nitrogens with zero attached hydrogens (tertiary/aromatic N) is 4. The van der Waals surface area contributed by atoms with E-state index in [-0.39, 0.29) is 0 Å². The first-order valence-corrected chi connectivity index (χ1v) is 7.49. The normalized spacial score (nSPS) is 18.2. The third kappa shape index (κ3) is 3.90. The van der Waals surface area contributed by atoms with Crippen LogP contribution >= 0.6 is 11.8 Å². The maximum Gasteiger partial charge on any atom is 0.237 e. The van der Waals surface area contributed by atoms with Gasteiger partial charge in [0.25, 0.3) is 0 Å². The van der Waals surface area contributed by atoms with Gasteiger partial charge in [0.2, 0.25) is 11.1 Å². The van der Waals surface area contributed by atoms with Gasteiger partial charge < -0.3 is 11.5 Å². The van der Waals surface area contributed by atoms with E-state index in [0.29, 0.717) is 12.5 Å². The number of primary amides is 1. The third-order valence-electron chi connectivity index (χ3n) is 3.24. The fourth-order valence-corrected chi connectivity index (χ4v) is 2.65. The van der Waals surface area contributed by atoms with Crippen LogP contribution in [0.3, 0.4) is 0 Å². The van der Waals surface area contributed by atoms with Crippen molar-refractivity contribution in [3.8, 4) is 0 Å². The fourth-order valence-electron chi connectivity index (χ4n) is 1.71. The molecule has 1 atom stereocenters. The van der Waals surface area contributed by atoms with Crippen LogP contribution in [0.15, 0.2) is 5.16 Å². The Hall–Kier alpha value is -1.15. The Bertz CT molecular complexity index is 442. The molecule has 4 N–H and O–H groups in total. The quantitative estimate of drug-likeness (QED) is 0.530. The van der Waals surface area contributed by atoms with Gasteiger partial charge in [0.1, 0.15) is 0 Å². The molecule has 1 heterocycles. The predicted molar refractivity (Wildman–Crippen MR) is 72.4 cm³/mol. The molecule has 1 unspecified atom stereocenters. The topological polar surface area (TPSA) is 113 Å². The van der Waals surface area contributed by atoms with Gasteiger partial charge in [-0.05, 0) is 43.0 Å². The number of rotatable bonds is 8. The van der Waals surface area contributed by atoms with Gasteiger partial charge in [-0.3, -0.25) is 4.79 Å². The van der Waals surface area contributed by atoms with Gasteiger partial charge in [0, 0.05) is 5.75 Å². The minimum Gasteiger partial charge on any atom is -0.368 e. The van der Waals surface area contributed by atoms with Crippen molar-refractivity contribution in [3.05, 3.63) is 0 Å². The van der Waals surface area contributed by atoms with Gasteiger partial charge in [-0.15, -0.1) is 5.10 Å². The van der Waals surface area contributed by atoms with Crippen molar-refractivity contribution in [2.24, 2.45) is 11.5 Å². The molecule has 8 heteroatoms. The molecule has 1 aliphatic carbocycles. The van der Waals surface area contributed by atoms with Crippen molar-refractivity contribution in [1.82, 2.24) is 20.2 Å². The summed E-state index contributed by atoms with van der Waals surface area (Å²) in [5.74, 6) is 0.472. The van der Waals surface area contributed by atoms with E-state index >= 15 is 0 Å². The first kappa shape index (κ1) is 14.3. The van der Waals surface area contributed by atoms with Crippen LogP contribution in [0.25, 0.3) is 0 Å². The van der Waals surface area contributed by atoms with Gasteiger partial charge in [-0.1, -0.05) is 18.2 Å². The first-order valence-electron chi connectivity index (χ1n) is 6.50. The molecule has 0 radical (unpaired) electrons. The summed E-state index contributed by atoms with van der Waals surface area (Å²) in [6, 6.07) is 0.500. The summed E-state index contributed by atoms with van der Waals surface area (Å²) < 4.78 is 1.90. The Labute approximate surface area is 116 Å². The Kier molecular flexibility index (Phi) is 4.41. The minimum atomic E-state index is -0.903. The SMILES string of the molecule is CC(N)(CCCCSc1nnnn1C1CC1)C(N)=O. The van der Waals surface area contributed by atoms with E-state index in [1.165, 1.54) is 12.8 Å². The zero-order chi connectivity index (χ0) is 13.9. The third-order valence-corrected chi connectivity index (χ3v) is 4.26. The molecule has 0 aromatic carbocycles. The zero-order valence-electron chi connectivity index (χ0n) is 11.1. The van der Waals surface area contributed by atoms with Gasteiger partial charge in [-0.2, -0.15) is 0 Å². The van der Waals surface area contributed by atoms with Crippen LogP contribution in [0.5, 0.6) is 0 Å². The molecule has 0 aliphatic heterocycles. The van der Waals surface area contributed by atoms with Gasteiger partial charge >= 0.3 is 0 Å². The van der Waals surface area contributed by atoms with Crippen LogP contribution < -0.4 is 11.5 Å². The van der Waals surface area contributed by atoms with Crippen LogP contribution in [0.2, 0.25) is 0 Å². The molecular weight excluding hydrogens is 264 g/mol. The van der Waals surface area contributed by atoms with Gasteiger partial charge in [0.15, 0.2) is 0 Å². The number of unbranched alkanes of at least 4 members (excludes halogenated alkanes) is 1. The van der Waals surface area contributed by atoms with Crippen molar-refractivity contribution in [1.29, 1.82) is 0 Å². The number of aromatic nitrogens is 4. The highest BCUT2D eigenvalue weighted by Gasteiger charge is 2.28. The monoisotopic (exact) mass is 284 g/mol. The number of nitrogens with two attached hydrogens (primary N) is 2. The fraction of sp³-hybridized carbons (Fsp3) is 0.818. The highest BCUT2D eigenvalue weighted by atomic mass is 32.2. The predicted octanol–water partition coefficient (Wildman–Crippen LogP) is 0.473. The molecule has 1 aliphatic rings. The van der Waals surface area contributed by atoms with Crippen LogP contribution in [-0.2, 0) is 4.79 Å². The smallest absolute Gasteiger partial charge is 0.237 e. The van der Waals surface area contributed by atoms with Crippen LogP contribution in [0, 0.1) is 0 Å². The first-order chi connectivity index (χ1) is 9.00. The summed E-state index contributed by atoms with van der Waals surface area (Å²) >= 11 is 1.65. The molecule has 19 heavy (non-hydrogen) atoms. The number of hydrogen-bond donors (Lipinski definition) is 2. The number of carbonyl (C=O) groups is 1. The molecule has 0 bridgehead atoms. The Morgan fingerprint density at radius 3 is 2.89 bits per heavy atom. The lowest BCUT2D eigenvalue weighted by Crippen LogP contribution is -2.49. The number of hydrogen-bond acceptors (Lipinski definition) is 6. The molecule has 1 fully saturated rings. The minimum absolute atomic E-state index is 0.446. The van der Waals surface area contributed by atoms with Crippen LogP contribution in [0.1, 0.15) is 45.1 Å². The second-order valence-electron chi connectivity index (χ2n) is 5.22. The number of thioether (sulfide) groups is 1. The Balaban J connectivity index is 1.67. The molecule has 0 spiro atoms. The van der Waals surface area contributed by atoms with Crippen molar-refractivity contribution in [2.45, 2.75) is 55.8 Å². The highest BCUT2D eigenvalue weighted by molar-refractivity contribution is 7.99. The van der Waals surface area contributed by atoms with E-state index < -0.39 is 11.4 Å². The van der Waals surface area contributed by atoms with E-state index in [2.05, 4.69) is 15.5 Å². The van der Waals surface area contributed by atoms with E-state index in [1.807, 2.05) is 4.68 Å². The molecule has 1 saturated carbocycles. The Morgan fingerprint density at radius 2 is 2.26 bits per heavy atom. The molecular formula is C11H20N6OS. The van der Waals surface area contributed by atoms with Crippen molar-refractivity contribution in [3.63, 3.8) is 0 Å². The maximum atomic E-state index is 11.1. The van der Waals surface area contributed by atoms with E-state index in [9.17, 15) is 4.79 Å². The van der Waals surface area contributed by atoms with Gasteiger partial charge in [-0.25, -0.2) is 4.68 Å². The van der Waals surface area contributed by atoms with Gasteiger partial charge in [0.05, 0.1) is 11.6 Å². The molecule has 2 rings (SSSR count). The van der Waals surface area contributed by atoms with E-state index in [4.69, 9.17) is 11.5 Å². The molecule has 1 aromatic heterocycles. The molecule has 7 nitrogen and oxygen atoms in total. The molecule has 106 valence electrons. The number of carbonyl (C=O) groups excluding carboxylic acids is 1. The Morgan fingerprint density at radius 1 is 1.53 bits per heavy atom. The van der Waals surface area contributed by atoms with Crippen molar-refractivity contribution in [2.75, 3.05) is 5.75 Å². The summed E-state index contributed by atoms with van der Waals surface area (Å²) in [7, 11) is 0. The lowest BCUT2D eigenvalue weighted by Gasteiger charge is -2.19. The summed E-state index contributed by atoms with van der Waals surface area (Å²) in [5.41, 5.74) is 10.1. The van der Waals surface area contributed by atoms with Crippen molar-refractivity contribution >= 4 is 17.7 Å². The number of tetrazole rings is 1. The largest absolute Gasteiger partial charge is 0.368 e. The summed E-state index contributed by atoms with van der Waals surface area (Å²) in [6.07, 6.45) is 4.78. The highest BCUT2D eigenvalue weighted by Crippen LogP contribution is 2.36. The summed E-state index contributed by atoms with van der Waals surface area (Å²) in [4.78, 5) is 11.1. The maximum absolute atomic E-state index is 11.1. The lowest BCUT2D eigenvalue weighted by molar-refractivity contribution is -0.122. The van der Waals surface area contributed by atoms with Crippen molar-refractivity contribution < 1.29 is 4.79 Å². The van der Waals surface area contributed by atoms with Crippen LogP contribution in [-0.4, -0.2) is 37.4 Å². The second kappa shape index (κ2) is 5.87. The summed E-state index contributed by atoms with van der Waals surface area (Å²) in [5, 5.41) is 12.6. The summed E-state index contributed by atoms with van der Waals surface area (Å²) in [6.45, 7) is 1.68. The average Bonchev–Trinajstić information content (AvgIpc) is 3.09. The van der Waals surface area contributed by atoms with E-state index in [1.54, 1.807) is 18.7 Å². The zero-order valence-corrected chi connectivity index (χ0v) is 11.9. The van der Waals surface area contributed by atoms with Crippen LogP contribution in [0.4, 0.5) is 0 Å². The second-order valence-corrected chi connectivity index (χ2v) is 6.29. The number of amides is 1. The van der Waals surface area contributed by atoms with E-state index in [0.717, 1.165) is 23.8 Å².